The molecule has 0 amide bonds. The smallest absolute Gasteiger partial charge is 0.0502 e. The molecule has 1 aromatic carbocycles. The molecule has 1 atom stereocenters. The molecule has 0 aliphatic heterocycles. The van der Waals surface area contributed by atoms with Crippen LogP contribution in [-0.2, 0) is 5.41 Å². The summed E-state index contributed by atoms with van der Waals surface area (Å²) in [4.78, 5) is 0. The molecule has 0 aromatic heterocycles. The molecule has 1 rings (SSSR count). The highest BCUT2D eigenvalue weighted by Crippen LogP contribution is 2.27. The molecule has 0 radical (unpaired) electrons. The van der Waals surface area contributed by atoms with Crippen molar-refractivity contribution in [2.24, 2.45) is 5.92 Å². The van der Waals surface area contributed by atoms with Crippen LogP contribution in [0.3, 0.4) is 0 Å². The number of rotatable bonds is 3. The molecule has 1 nitrogen and oxygen atoms in total. The fraction of sp³-hybridized carbons (Fsp3) is 0.600. The van der Waals surface area contributed by atoms with Crippen LogP contribution in [0.4, 0.5) is 0 Å². The van der Waals surface area contributed by atoms with Gasteiger partial charge in [0.05, 0.1) is 6.61 Å². The maximum Gasteiger partial charge on any atom is 0.0502 e. The van der Waals surface area contributed by atoms with Crippen LogP contribution in [-0.4, -0.2) is 11.7 Å². The van der Waals surface area contributed by atoms with E-state index in [0.29, 0.717) is 5.92 Å². The van der Waals surface area contributed by atoms with E-state index in [4.69, 9.17) is 0 Å². The standard InChI is InChI=1S/C15H24O/c1-11(2)14(10-16)12-6-8-13(9-7-12)15(3,4)5/h6-9,11,14,16H,10H2,1-5H3. The Morgan fingerprint density at radius 1 is 1.06 bits per heavy atom. The molecular formula is C15H24O. The van der Waals surface area contributed by atoms with Gasteiger partial charge in [0.15, 0.2) is 0 Å². The highest BCUT2D eigenvalue weighted by Gasteiger charge is 2.17. The predicted octanol–water partition coefficient (Wildman–Crippen LogP) is 3.72. The van der Waals surface area contributed by atoms with Gasteiger partial charge in [-0.05, 0) is 22.5 Å². The van der Waals surface area contributed by atoms with Crippen molar-refractivity contribution in [3.8, 4) is 0 Å². The molecule has 1 N–H and O–H groups in total. The maximum absolute atomic E-state index is 9.38. The Hall–Kier alpha value is -0.820. The third kappa shape index (κ3) is 3.08. The van der Waals surface area contributed by atoms with Gasteiger partial charge < -0.3 is 5.11 Å². The Kier molecular flexibility index (Phi) is 4.15. The van der Waals surface area contributed by atoms with E-state index in [2.05, 4.69) is 58.9 Å². The van der Waals surface area contributed by atoms with E-state index in [9.17, 15) is 5.11 Å². The number of aliphatic hydroxyl groups excluding tert-OH is 1. The zero-order valence-corrected chi connectivity index (χ0v) is 11.1. The number of aliphatic hydroxyl groups is 1. The summed E-state index contributed by atoms with van der Waals surface area (Å²) in [6.07, 6.45) is 0. The summed E-state index contributed by atoms with van der Waals surface area (Å²) in [5.41, 5.74) is 2.78. The van der Waals surface area contributed by atoms with Crippen LogP contribution in [0, 0.1) is 5.92 Å². The summed E-state index contributed by atoms with van der Waals surface area (Å²) in [6, 6.07) is 8.67. The summed E-state index contributed by atoms with van der Waals surface area (Å²) < 4.78 is 0. The third-order valence-corrected chi connectivity index (χ3v) is 3.21. The first-order chi connectivity index (χ1) is 7.36. The number of hydrogen-bond donors (Lipinski definition) is 1. The molecule has 1 unspecified atom stereocenters. The van der Waals surface area contributed by atoms with E-state index in [1.165, 1.54) is 11.1 Å². The lowest BCUT2D eigenvalue weighted by molar-refractivity contribution is 0.237. The van der Waals surface area contributed by atoms with E-state index < -0.39 is 0 Å². The fourth-order valence-corrected chi connectivity index (χ4v) is 1.93. The van der Waals surface area contributed by atoms with Gasteiger partial charge in [-0.25, -0.2) is 0 Å². The largest absolute Gasteiger partial charge is 0.396 e. The van der Waals surface area contributed by atoms with Crippen molar-refractivity contribution in [2.45, 2.75) is 46.0 Å². The second kappa shape index (κ2) is 5.01. The van der Waals surface area contributed by atoms with Crippen molar-refractivity contribution in [2.75, 3.05) is 6.61 Å². The highest BCUT2D eigenvalue weighted by molar-refractivity contribution is 5.29. The SMILES string of the molecule is CC(C)C(CO)c1ccc(C(C)(C)C)cc1. The number of benzene rings is 1. The van der Waals surface area contributed by atoms with Crippen LogP contribution in [0.2, 0.25) is 0 Å². The lowest BCUT2D eigenvalue weighted by atomic mass is 9.84. The molecule has 0 bridgehead atoms. The normalized spacial score (nSPS) is 14.2. The summed E-state index contributed by atoms with van der Waals surface area (Å²) in [6.45, 7) is 11.2. The molecule has 0 aliphatic carbocycles. The minimum atomic E-state index is 0.199. The minimum absolute atomic E-state index is 0.199. The summed E-state index contributed by atoms with van der Waals surface area (Å²) in [5, 5.41) is 9.38. The van der Waals surface area contributed by atoms with Gasteiger partial charge in [0.1, 0.15) is 0 Å². The van der Waals surface area contributed by atoms with Crippen molar-refractivity contribution in [3.63, 3.8) is 0 Å². The van der Waals surface area contributed by atoms with Crippen molar-refractivity contribution in [3.05, 3.63) is 35.4 Å². The average molecular weight is 220 g/mol. The molecule has 90 valence electrons. The maximum atomic E-state index is 9.38. The second-order valence-corrected chi connectivity index (χ2v) is 5.91. The topological polar surface area (TPSA) is 20.2 Å². The Balaban J connectivity index is 2.94. The zero-order chi connectivity index (χ0) is 12.3. The molecule has 1 heteroatoms. The van der Waals surface area contributed by atoms with Crippen LogP contribution in [0.25, 0.3) is 0 Å². The van der Waals surface area contributed by atoms with Gasteiger partial charge in [-0.1, -0.05) is 58.9 Å². The van der Waals surface area contributed by atoms with Crippen molar-refractivity contribution >= 4 is 0 Å². The molecular weight excluding hydrogens is 196 g/mol. The first kappa shape index (κ1) is 13.2. The van der Waals surface area contributed by atoms with Crippen molar-refractivity contribution < 1.29 is 5.11 Å². The van der Waals surface area contributed by atoms with Gasteiger partial charge >= 0.3 is 0 Å². The van der Waals surface area contributed by atoms with E-state index in [0.717, 1.165) is 0 Å². The Morgan fingerprint density at radius 3 is 1.88 bits per heavy atom. The van der Waals surface area contributed by atoms with Crippen molar-refractivity contribution in [1.82, 2.24) is 0 Å². The lowest BCUT2D eigenvalue weighted by Crippen LogP contribution is -2.13. The van der Waals surface area contributed by atoms with Gasteiger partial charge in [-0.3, -0.25) is 0 Å². The predicted molar refractivity (Wildman–Crippen MR) is 69.8 cm³/mol. The first-order valence-corrected chi connectivity index (χ1v) is 6.07. The lowest BCUT2D eigenvalue weighted by Gasteiger charge is -2.22. The first-order valence-electron chi connectivity index (χ1n) is 6.07. The van der Waals surface area contributed by atoms with Crippen molar-refractivity contribution in [1.29, 1.82) is 0 Å². The highest BCUT2D eigenvalue weighted by atomic mass is 16.3. The summed E-state index contributed by atoms with van der Waals surface area (Å²) in [5.74, 6) is 0.736. The molecule has 1 aromatic rings. The van der Waals surface area contributed by atoms with Gasteiger partial charge in [0, 0.05) is 5.92 Å². The minimum Gasteiger partial charge on any atom is -0.396 e. The monoisotopic (exact) mass is 220 g/mol. The van der Waals surface area contributed by atoms with Crippen LogP contribution in [0.15, 0.2) is 24.3 Å². The molecule has 0 saturated heterocycles. The Bertz CT molecular complexity index is 316. The Labute approximate surface area is 99.5 Å². The molecule has 16 heavy (non-hydrogen) atoms. The second-order valence-electron chi connectivity index (χ2n) is 5.91. The molecule has 0 heterocycles. The molecule has 0 spiro atoms. The molecule has 0 saturated carbocycles. The van der Waals surface area contributed by atoms with E-state index in [1.54, 1.807) is 0 Å². The molecule has 0 aliphatic rings. The zero-order valence-electron chi connectivity index (χ0n) is 11.1. The third-order valence-electron chi connectivity index (χ3n) is 3.21. The fourth-order valence-electron chi connectivity index (χ4n) is 1.93. The Morgan fingerprint density at radius 2 is 1.56 bits per heavy atom. The van der Waals surface area contributed by atoms with Crippen LogP contribution < -0.4 is 0 Å². The van der Waals surface area contributed by atoms with Gasteiger partial charge in [-0.2, -0.15) is 0 Å². The quantitative estimate of drug-likeness (QED) is 0.823. The molecule has 0 fully saturated rings. The average Bonchev–Trinajstić information content (AvgIpc) is 2.17. The van der Waals surface area contributed by atoms with E-state index >= 15 is 0 Å². The summed E-state index contributed by atoms with van der Waals surface area (Å²) in [7, 11) is 0. The van der Waals surface area contributed by atoms with Crippen LogP contribution >= 0.6 is 0 Å². The van der Waals surface area contributed by atoms with Gasteiger partial charge in [-0.15, -0.1) is 0 Å². The summed E-state index contributed by atoms with van der Waals surface area (Å²) >= 11 is 0. The van der Waals surface area contributed by atoms with E-state index in [-0.39, 0.29) is 17.9 Å². The van der Waals surface area contributed by atoms with E-state index in [1.807, 2.05) is 0 Å². The number of hydrogen-bond acceptors (Lipinski definition) is 1. The van der Waals surface area contributed by atoms with Gasteiger partial charge in [0.25, 0.3) is 0 Å². The van der Waals surface area contributed by atoms with Crippen LogP contribution in [0.5, 0.6) is 0 Å². The van der Waals surface area contributed by atoms with Gasteiger partial charge in [0.2, 0.25) is 0 Å². The van der Waals surface area contributed by atoms with Crippen LogP contribution in [0.1, 0.15) is 51.7 Å².